The van der Waals surface area contributed by atoms with Crippen LogP contribution in [0.4, 0.5) is 0 Å². The molecule has 4 aromatic rings. The summed E-state index contributed by atoms with van der Waals surface area (Å²) in [6.45, 7) is 0.578. The number of aromatic nitrogens is 4. The van der Waals surface area contributed by atoms with Crippen LogP contribution in [0.1, 0.15) is 5.69 Å². The van der Waals surface area contributed by atoms with Crippen LogP contribution in [0.2, 0.25) is 0 Å². The SMILES string of the molecule is NCCc1c(-n2ncc3ccccc32)nc2ccccn12. The number of hydrogen-bond donors (Lipinski definition) is 1. The van der Waals surface area contributed by atoms with E-state index in [0.717, 1.165) is 34.5 Å². The normalized spacial score (nSPS) is 11.5. The van der Waals surface area contributed by atoms with Gasteiger partial charge in [0.15, 0.2) is 5.82 Å². The summed E-state index contributed by atoms with van der Waals surface area (Å²) < 4.78 is 3.98. The second-order valence-corrected chi connectivity index (χ2v) is 4.96. The monoisotopic (exact) mass is 277 g/mol. The summed E-state index contributed by atoms with van der Waals surface area (Å²) in [5, 5.41) is 5.61. The fourth-order valence-electron chi connectivity index (χ4n) is 2.71. The van der Waals surface area contributed by atoms with Crippen molar-refractivity contribution in [2.45, 2.75) is 6.42 Å². The average molecular weight is 277 g/mol. The Morgan fingerprint density at radius 2 is 1.90 bits per heavy atom. The number of para-hydroxylation sites is 1. The van der Waals surface area contributed by atoms with E-state index in [1.54, 1.807) is 0 Å². The van der Waals surface area contributed by atoms with Gasteiger partial charge in [0.05, 0.1) is 17.4 Å². The van der Waals surface area contributed by atoms with Gasteiger partial charge in [-0.25, -0.2) is 9.67 Å². The molecule has 0 bridgehead atoms. The Hall–Kier alpha value is -2.66. The molecule has 0 atom stereocenters. The Kier molecular flexibility index (Phi) is 2.72. The fraction of sp³-hybridized carbons (Fsp3) is 0.125. The Labute approximate surface area is 121 Å². The highest BCUT2D eigenvalue weighted by atomic mass is 15.3. The third-order valence-corrected chi connectivity index (χ3v) is 3.67. The Morgan fingerprint density at radius 1 is 1.05 bits per heavy atom. The van der Waals surface area contributed by atoms with Crippen LogP contribution in [0.25, 0.3) is 22.4 Å². The second kappa shape index (κ2) is 4.71. The first kappa shape index (κ1) is 12.1. The van der Waals surface area contributed by atoms with Crippen LogP contribution < -0.4 is 5.73 Å². The largest absolute Gasteiger partial charge is 0.330 e. The van der Waals surface area contributed by atoms with E-state index in [-0.39, 0.29) is 0 Å². The molecule has 0 radical (unpaired) electrons. The predicted molar refractivity (Wildman–Crippen MR) is 82.6 cm³/mol. The molecule has 0 saturated heterocycles. The number of nitrogens with two attached hydrogens (primary N) is 1. The van der Waals surface area contributed by atoms with Gasteiger partial charge < -0.3 is 10.1 Å². The van der Waals surface area contributed by atoms with E-state index in [1.807, 2.05) is 47.4 Å². The maximum Gasteiger partial charge on any atom is 0.176 e. The summed E-state index contributed by atoms with van der Waals surface area (Å²) in [4.78, 5) is 4.73. The van der Waals surface area contributed by atoms with Gasteiger partial charge in [0, 0.05) is 18.0 Å². The number of rotatable bonds is 3. The lowest BCUT2D eigenvalue weighted by molar-refractivity contribution is 0.834. The molecule has 0 amide bonds. The highest BCUT2D eigenvalue weighted by Gasteiger charge is 2.15. The van der Waals surface area contributed by atoms with Crippen molar-refractivity contribution in [3.63, 3.8) is 0 Å². The maximum absolute atomic E-state index is 5.77. The van der Waals surface area contributed by atoms with E-state index >= 15 is 0 Å². The number of hydrogen-bond acceptors (Lipinski definition) is 3. The minimum atomic E-state index is 0.578. The number of benzene rings is 1. The third kappa shape index (κ3) is 1.82. The lowest BCUT2D eigenvalue weighted by Crippen LogP contribution is -2.09. The number of imidazole rings is 1. The molecule has 0 unspecified atom stereocenters. The zero-order valence-corrected chi connectivity index (χ0v) is 11.5. The minimum Gasteiger partial charge on any atom is -0.330 e. The van der Waals surface area contributed by atoms with Crippen LogP contribution in [0, 0.1) is 0 Å². The molecule has 3 heterocycles. The molecule has 21 heavy (non-hydrogen) atoms. The van der Waals surface area contributed by atoms with Gasteiger partial charge in [-0.2, -0.15) is 5.10 Å². The number of nitrogens with zero attached hydrogens (tertiary/aromatic N) is 4. The van der Waals surface area contributed by atoms with E-state index in [1.165, 1.54) is 0 Å². The van der Waals surface area contributed by atoms with E-state index in [9.17, 15) is 0 Å². The predicted octanol–water partition coefficient (Wildman–Crippen LogP) is 2.17. The minimum absolute atomic E-state index is 0.578. The molecule has 0 fully saturated rings. The van der Waals surface area contributed by atoms with Gasteiger partial charge >= 0.3 is 0 Å². The molecule has 3 aromatic heterocycles. The van der Waals surface area contributed by atoms with Crippen LogP contribution in [0.15, 0.2) is 54.9 Å². The Bertz CT molecular complexity index is 919. The number of fused-ring (bicyclic) bond motifs is 2. The molecule has 5 heteroatoms. The van der Waals surface area contributed by atoms with E-state index < -0.39 is 0 Å². The molecule has 2 N–H and O–H groups in total. The van der Waals surface area contributed by atoms with Crippen LogP contribution >= 0.6 is 0 Å². The van der Waals surface area contributed by atoms with Crippen molar-refractivity contribution in [3.05, 3.63) is 60.6 Å². The zero-order chi connectivity index (χ0) is 14.2. The van der Waals surface area contributed by atoms with Crippen LogP contribution in [0.5, 0.6) is 0 Å². The highest BCUT2D eigenvalue weighted by molar-refractivity contribution is 5.80. The summed E-state index contributed by atoms with van der Waals surface area (Å²) in [5.41, 5.74) is 8.83. The average Bonchev–Trinajstić information content (AvgIpc) is 3.09. The molecule has 0 aliphatic carbocycles. The molecule has 0 spiro atoms. The fourth-order valence-corrected chi connectivity index (χ4v) is 2.71. The summed E-state index contributed by atoms with van der Waals surface area (Å²) in [6.07, 6.45) is 4.64. The molecule has 4 rings (SSSR count). The summed E-state index contributed by atoms with van der Waals surface area (Å²) in [5.74, 6) is 0.854. The zero-order valence-electron chi connectivity index (χ0n) is 11.5. The molecular weight excluding hydrogens is 262 g/mol. The number of pyridine rings is 1. The van der Waals surface area contributed by atoms with Crippen molar-refractivity contribution in [3.8, 4) is 5.82 Å². The molecule has 104 valence electrons. The first-order valence-corrected chi connectivity index (χ1v) is 6.97. The van der Waals surface area contributed by atoms with Gasteiger partial charge in [-0.05, 0) is 24.7 Å². The molecule has 0 aliphatic rings. The standard InChI is InChI=1S/C16H15N5/c17-9-8-14-16(19-15-7-3-4-10-20(14)15)21-13-6-2-1-5-12(13)11-18-21/h1-7,10-11H,8-9,17H2. The summed E-state index contributed by atoms with van der Waals surface area (Å²) in [6, 6.07) is 14.1. The van der Waals surface area contributed by atoms with Crippen molar-refractivity contribution in [1.82, 2.24) is 19.2 Å². The van der Waals surface area contributed by atoms with Crippen molar-refractivity contribution in [2.24, 2.45) is 5.73 Å². The van der Waals surface area contributed by atoms with E-state index in [0.29, 0.717) is 6.54 Å². The molecular formula is C16H15N5. The highest BCUT2D eigenvalue weighted by Crippen LogP contribution is 2.22. The van der Waals surface area contributed by atoms with Crippen LogP contribution in [-0.4, -0.2) is 25.7 Å². The van der Waals surface area contributed by atoms with Gasteiger partial charge in [-0.1, -0.05) is 24.3 Å². The maximum atomic E-state index is 5.77. The van der Waals surface area contributed by atoms with Crippen LogP contribution in [-0.2, 0) is 6.42 Å². The molecule has 0 aliphatic heterocycles. The molecule has 0 saturated carbocycles. The third-order valence-electron chi connectivity index (χ3n) is 3.67. The Morgan fingerprint density at radius 3 is 2.81 bits per heavy atom. The van der Waals surface area contributed by atoms with Gasteiger partial charge in [0.25, 0.3) is 0 Å². The lowest BCUT2D eigenvalue weighted by Gasteiger charge is -2.04. The van der Waals surface area contributed by atoms with Gasteiger partial charge in [0.2, 0.25) is 0 Å². The smallest absolute Gasteiger partial charge is 0.176 e. The first-order chi connectivity index (χ1) is 10.4. The quantitative estimate of drug-likeness (QED) is 0.624. The van der Waals surface area contributed by atoms with E-state index in [4.69, 9.17) is 10.7 Å². The van der Waals surface area contributed by atoms with Crippen molar-refractivity contribution < 1.29 is 0 Å². The van der Waals surface area contributed by atoms with Crippen molar-refractivity contribution >= 4 is 16.6 Å². The van der Waals surface area contributed by atoms with Gasteiger partial charge in [-0.3, -0.25) is 0 Å². The van der Waals surface area contributed by atoms with Crippen LogP contribution in [0.3, 0.4) is 0 Å². The molecule has 1 aromatic carbocycles. The summed E-state index contributed by atoms with van der Waals surface area (Å²) in [7, 11) is 0. The van der Waals surface area contributed by atoms with Gasteiger partial charge in [0.1, 0.15) is 5.65 Å². The summed E-state index contributed by atoms with van der Waals surface area (Å²) >= 11 is 0. The lowest BCUT2D eigenvalue weighted by atomic mass is 10.2. The van der Waals surface area contributed by atoms with E-state index in [2.05, 4.69) is 21.6 Å². The molecule has 5 nitrogen and oxygen atoms in total. The van der Waals surface area contributed by atoms with Crippen molar-refractivity contribution in [2.75, 3.05) is 6.54 Å². The second-order valence-electron chi connectivity index (χ2n) is 4.96. The topological polar surface area (TPSA) is 61.1 Å². The Balaban J connectivity index is 2.03. The first-order valence-electron chi connectivity index (χ1n) is 6.97. The van der Waals surface area contributed by atoms with Crippen molar-refractivity contribution in [1.29, 1.82) is 0 Å². The van der Waals surface area contributed by atoms with Gasteiger partial charge in [-0.15, -0.1) is 0 Å².